The molecule has 6 heteroatoms. The van der Waals surface area contributed by atoms with Crippen LogP contribution in [0.2, 0.25) is 0 Å². The Morgan fingerprint density at radius 2 is 1.25 bits per heavy atom. The molecule has 0 unspecified atom stereocenters. The first-order valence-electron chi connectivity index (χ1n) is 13.5. The van der Waals surface area contributed by atoms with Crippen LogP contribution in [0.3, 0.4) is 0 Å². The van der Waals surface area contributed by atoms with Crippen LogP contribution in [0.5, 0.6) is 0 Å². The van der Waals surface area contributed by atoms with E-state index in [1.165, 1.54) is 44.0 Å². The maximum Gasteiger partial charge on any atom is 0.0862 e. The largest absolute Gasteiger partial charge is 0.378 e. The molecule has 1 aliphatic rings. The number of allylic oxidation sites excluding steroid dienone is 2. The van der Waals surface area contributed by atoms with Crippen LogP contribution in [-0.4, -0.2) is 30.6 Å². The second kappa shape index (κ2) is 8.64. The van der Waals surface area contributed by atoms with E-state index in [4.69, 9.17) is 4.98 Å². The highest BCUT2D eigenvalue weighted by Gasteiger charge is 2.17. The summed E-state index contributed by atoms with van der Waals surface area (Å²) in [6, 6.07) is 21.6. The van der Waals surface area contributed by atoms with Gasteiger partial charge < -0.3 is 14.5 Å². The molecule has 0 aliphatic carbocycles. The summed E-state index contributed by atoms with van der Waals surface area (Å²) in [7, 11) is 0. The Labute approximate surface area is 230 Å². The summed E-state index contributed by atoms with van der Waals surface area (Å²) in [6.45, 7) is 4.95. The van der Waals surface area contributed by atoms with Gasteiger partial charge >= 0.3 is 0 Å². The number of aryl methyl sites for hydroxylation is 2. The predicted octanol–water partition coefficient (Wildman–Crippen LogP) is 7.18. The van der Waals surface area contributed by atoms with Crippen molar-refractivity contribution in [3.05, 3.63) is 121 Å². The standard InChI is InChI=1S/C34H26N6/c1-21-3-9-31-25(15-21)27-19-35-13-11-33(27)39(31)23-5-7-29(37-17-23)30-8-6-24(18-38-30)40-32-10-4-22(2)16-26(32)28-20-36-14-12-34(28)40/h3-17,19-20,38H,18H2,1-2H3. The summed E-state index contributed by atoms with van der Waals surface area (Å²) >= 11 is 0. The Morgan fingerprint density at radius 1 is 0.625 bits per heavy atom. The number of aromatic nitrogens is 5. The normalized spacial score (nSPS) is 13.7. The Balaban J connectivity index is 1.18. The van der Waals surface area contributed by atoms with Gasteiger partial charge in [-0.15, -0.1) is 0 Å². The Hall–Kier alpha value is -5.23. The van der Waals surface area contributed by atoms with Crippen molar-refractivity contribution in [2.75, 3.05) is 6.54 Å². The van der Waals surface area contributed by atoms with Crippen LogP contribution in [0.25, 0.3) is 60.7 Å². The van der Waals surface area contributed by atoms with Crippen LogP contribution >= 0.6 is 0 Å². The smallest absolute Gasteiger partial charge is 0.0862 e. The van der Waals surface area contributed by atoms with E-state index >= 15 is 0 Å². The minimum absolute atomic E-state index is 0.698. The number of benzene rings is 2. The molecule has 1 N–H and O–H groups in total. The van der Waals surface area contributed by atoms with Crippen LogP contribution in [-0.2, 0) is 0 Å². The summed E-state index contributed by atoms with van der Waals surface area (Å²) in [5, 5.41) is 8.37. The topological polar surface area (TPSA) is 60.6 Å². The van der Waals surface area contributed by atoms with Crippen LogP contribution in [0.1, 0.15) is 16.8 Å². The van der Waals surface area contributed by atoms with E-state index in [0.29, 0.717) is 6.54 Å². The molecule has 6 heterocycles. The van der Waals surface area contributed by atoms with Crippen molar-refractivity contribution in [1.82, 2.24) is 29.4 Å². The van der Waals surface area contributed by atoms with Crippen molar-refractivity contribution in [3.63, 3.8) is 0 Å². The molecule has 192 valence electrons. The van der Waals surface area contributed by atoms with E-state index in [-0.39, 0.29) is 0 Å². The lowest BCUT2D eigenvalue weighted by Gasteiger charge is -2.20. The second-order valence-corrected chi connectivity index (χ2v) is 10.5. The van der Waals surface area contributed by atoms with Crippen LogP contribution in [0.15, 0.2) is 104 Å². The van der Waals surface area contributed by atoms with Crippen molar-refractivity contribution in [2.45, 2.75) is 13.8 Å². The van der Waals surface area contributed by atoms with Gasteiger partial charge in [-0.2, -0.15) is 0 Å². The van der Waals surface area contributed by atoms with E-state index in [9.17, 15) is 0 Å². The average molecular weight is 519 g/mol. The fourth-order valence-corrected chi connectivity index (χ4v) is 6.04. The number of fused-ring (bicyclic) bond motifs is 6. The van der Waals surface area contributed by atoms with Gasteiger partial charge in [0.2, 0.25) is 0 Å². The van der Waals surface area contributed by atoms with Crippen molar-refractivity contribution in [1.29, 1.82) is 0 Å². The van der Waals surface area contributed by atoms with Gasteiger partial charge in [-0.05, 0) is 74.5 Å². The van der Waals surface area contributed by atoms with Gasteiger partial charge in [-0.25, -0.2) is 0 Å². The molecule has 40 heavy (non-hydrogen) atoms. The number of nitrogens with one attached hydrogen (secondary N) is 1. The van der Waals surface area contributed by atoms with Gasteiger partial charge in [-0.1, -0.05) is 23.3 Å². The van der Waals surface area contributed by atoms with Crippen molar-refractivity contribution in [2.24, 2.45) is 0 Å². The average Bonchev–Trinajstić information content (AvgIpc) is 3.50. The zero-order chi connectivity index (χ0) is 26.8. The number of pyridine rings is 3. The highest BCUT2D eigenvalue weighted by atomic mass is 15.1. The first-order valence-corrected chi connectivity index (χ1v) is 13.5. The lowest BCUT2D eigenvalue weighted by Crippen LogP contribution is -2.21. The van der Waals surface area contributed by atoms with Crippen LogP contribution in [0, 0.1) is 13.8 Å². The van der Waals surface area contributed by atoms with Crippen LogP contribution < -0.4 is 5.32 Å². The number of hydrogen-bond donors (Lipinski definition) is 1. The first kappa shape index (κ1) is 22.7. The fraction of sp³-hybridized carbons (Fsp3) is 0.0882. The molecule has 2 aromatic carbocycles. The maximum atomic E-state index is 4.88. The predicted molar refractivity (Wildman–Crippen MR) is 163 cm³/mol. The zero-order valence-electron chi connectivity index (χ0n) is 22.3. The molecule has 0 saturated heterocycles. The second-order valence-electron chi connectivity index (χ2n) is 10.5. The number of hydrogen-bond acceptors (Lipinski definition) is 4. The number of nitrogens with zero attached hydrogens (tertiary/aromatic N) is 5. The fourth-order valence-electron chi connectivity index (χ4n) is 6.04. The third kappa shape index (κ3) is 3.39. The third-order valence-electron chi connectivity index (χ3n) is 7.92. The molecule has 0 bridgehead atoms. The molecule has 0 spiro atoms. The first-order chi connectivity index (χ1) is 19.7. The Morgan fingerprint density at radius 3 is 1.85 bits per heavy atom. The molecule has 0 radical (unpaired) electrons. The minimum atomic E-state index is 0.698. The summed E-state index contributed by atoms with van der Waals surface area (Å²) in [4.78, 5) is 13.6. The molecule has 0 amide bonds. The molecule has 0 fully saturated rings. The van der Waals surface area contributed by atoms with E-state index in [1.807, 2.05) is 31.0 Å². The molecular weight excluding hydrogens is 492 g/mol. The highest BCUT2D eigenvalue weighted by molar-refractivity contribution is 6.10. The molecule has 5 aromatic heterocycles. The van der Waals surface area contributed by atoms with E-state index in [2.05, 4.69) is 111 Å². The quantitative estimate of drug-likeness (QED) is 0.269. The Kier molecular flexibility index (Phi) is 4.91. The summed E-state index contributed by atoms with van der Waals surface area (Å²) in [5.41, 5.74) is 11.3. The molecule has 0 atom stereocenters. The number of rotatable bonds is 3. The van der Waals surface area contributed by atoms with E-state index in [0.717, 1.165) is 33.5 Å². The lowest BCUT2D eigenvalue weighted by atomic mass is 10.1. The van der Waals surface area contributed by atoms with E-state index in [1.54, 1.807) is 0 Å². The third-order valence-corrected chi connectivity index (χ3v) is 7.92. The molecule has 6 nitrogen and oxygen atoms in total. The van der Waals surface area contributed by atoms with Crippen molar-refractivity contribution in [3.8, 4) is 5.69 Å². The molecule has 0 saturated carbocycles. The SMILES string of the molecule is Cc1ccc2c(c1)c1cnccc1n2C1=CC=C(c2ccc(-n3c4ccncc4c4cc(C)ccc43)cn2)NC1. The molecule has 8 rings (SSSR count). The monoisotopic (exact) mass is 518 g/mol. The van der Waals surface area contributed by atoms with Crippen molar-refractivity contribution >= 4 is 55.0 Å². The van der Waals surface area contributed by atoms with Gasteiger partial charge in [0.15, 0.2) is 0 Å². The molecule has 1 aliphatic heterocycles. The van der Waals surface area contributed by atoms with Crippen molar-refractivity contribution < 1.29 is 0 Å². The lowest BCUT2D eigenvalue weighted by molar-refractivity contribution is 0.947. The van der Waals surface area contributed by atoms with Gasteiger partial charge in [0.1, 0.15) is 0 Å². The molecular formula is C34H26N6. The summed E-state index contributed by atoms with van der Waals surface area (Å²) in [6.07, 6.45) is 13.9. The maximum absolute atomic E-state index is 4.88. The van der Waals surface area contributed by atoms with Gasteiger partial charge in [0.05, 0.1) is 51.9 Å². The summed E-state index contributed by atoms with van der Waals surface area (Å²) in [5.74, 6) is 0. The Bertz CT molecular complexity index is 2180. The zero-order valence-corrected chi connectivity index (χ0v) is 22.3. The van der Waals surface area contributed by atoms with Gasteiger partial charge in [0, 0.05) is 52.0 Å². The van der Waals surface area contributed by atoms with Crippen LogP contribution in [0.4, 0.5) is 0 Å². The molecule has 7 aromatic rings. The van der Waals surface area contributed by atoms with Gasteiger partial charge in [0.25, 0.3) is 0 Å². The highest BCUT2D eigenvalue weighted by Crippen LogP contribution is 2.34. The number of dihydropyridines is 1. The minimum Gasteiger partial charge on any atom is -0.378 e. The van der Waals surface area contributed by atoms with Gasteiger partial charge in [-0.3, -0.25) is 15.0 Å². The van der Waals surface area contributed by atoms with E-state index < -0.39 is 0 Å². The summed E-state index contributed by atoms with van der Waals surface area (Å²) < 4.78 is 4.60.